The van der Waals surface area contributed by atoms with Crippen LogP contribution in [-0.2, 0) is 9.59 Å². The molecule has 1 rings (SSSR count). The van der Waals surface area contributed by atoms with Crippen molar-refractivity contribution in [1.82, 2.24) is 4.90 Å². The molecule has 0 radical (unpaired) electrons. The Bertz CT molecular complexity index is 258. The summed E-state index contributed by atoms with van der Waals surface area (Å²) in [6.45, 7) is 1.57. The highest BCUT2D eigenvalue weighted by Gasteiger charge is 2.27. The van der Waals surface area contributed by atoms with Crippen molar-refractivity contribution in [2.75, 3.05) is 13.1 Å². The molecule has 1 atom stereocenters. The summed E-state index contributed by atoms with van der Waals surface area (Å²) in [6.07, 6.45) is 5.74. The van der Waals surface area contributed by atoms with Crippen molar-refractivity contribution in [3.63, 3.8) is 0 Å². The van der Waals surface area contributed by atoms with Gasteiger partial charge in [-0.3, -0.25) is 14.5 Å². The Kier molecular flexibility index (Phi) is 5.41. The van der Waals surface area contributed by atoms with Gasteiger partial charge in [0.25, 0.3) is 0 Å². The molecular weight excluding hydrogens is 222 g/mol. The summed E-state index contributed by atoms with van der Waals surface area (Å²) in [4.78, 5) is 23.0. The molecule has 98 valence electrons. The summed E-state index contributed by atoms with van der Waals surface area (Å²) >= 11 is 0. The Labute approximate surface area is 101 Å². The summed E-state index contributed by atoms with van der Waals surface area (Å²) < 4.78 is 0. The molecule has 0 aromatic rings. The lowest BCUT2D eigenvalue weighted by Crippen LogP contribution is -2.44. The van der Waals surface area contributed by atoms with Gasteiger partial charge in [-0.25, -0.2) is 0 Å². The molecule has 0 aliphatic heterocycles. The maximum absolute atomic E-state index is 10.7. The van der Waals surface area contributed by atoms with Gasteiger partial charge in [-0.05, 0) is 25.7 Å². The molecule has 17 heavy (non-hydrogen) atoms. The lowest BCUT2D eigenvalue weighted by molar-refractivity contribution is -0.143. The Balaban J connectivity index is 2.59. The van der Waals surface area contributed by atoms with Crippen molar-refractivity contribution in [2.45, 2.75) is 45.1 Å². The van der Waals surface area contributed by atoms with E-state index in [2.05, 4.69) is 0 Å². The normalized spacial score (nSPS) is 19.2. The fraction of sp³-hybridized carbons (Fsp3) is 0.833. The van der Waals surface area contributed by atoms with Gasteiger partial charge in [-0.15, -0.1) is 0 Å². The van der Waals surface area contributed by atoms with Crippen molar-refractivity contribution >= 4 is 11.9 Å². The average molecular weight is 243 g/mol. The SMILES string of the molecule is CC(C1CCCCC1)N(CC(=O)O)CC(=O)O. The van der Waals surface area contributed by atoms with E-state index in [0.717, 1.165) is 12.8 Å². The number of hydrogen-bond acceptors (Lipinski definition) is 3. The molecule has 0 amide bonds. The predicted molar refractivity (Wildman–Crippen MR) is 62.9 cm³/mol. The van der Waals surface area contributed by atoms with Gasteiger partial charge in [-0.2, -0.15) is 0 Å². The Morgan fingerprint density at radius 2 is 1.59 bits per heavy atom. The molecule has 1 unspecified atom stereocenters. The first kappa shape index (κ1) is 14.0. The lowest BCUT2D eigenvalue weighted by Gasteiger charge is -2.34. The minimum absolute atomic E-state index is 0.0301. The molecule has 2 N–H and O–H groups in total. The standard InChI is InChI=1S/C12H21NO4/c1-9(10-5-3-2-4-6-10)13(7-11(14)15)8-12(16)17/h9-10H,2-8H2,1H3,(H,14,15)(H,16,17). The molecule has 0 aromatic heterocycles. The summed E-state index contributed by atoms with van der Waals surface area (Å²) in [7, 11) is 0. The molecule has 1 fully saturated rings. The molecule has 0 heterocycles. The minimum Gasteiger partial charge on any atom is -0.480 e. The molecule has 0 spiro atoms. The highest BCUT2D eigenvalue weighted by Crippen LogP contribution is 2.28. The van der Waals surface area contributed by atoms with E-state index in [4.69, 9.17) is 10.2 Å². The largest absolute Gasteiger partial charge is 0.480 e. The molecule has 1 saturated carbocycles. The second-order valence-electron chi connectivity index (χ2n) is 4.83. The number of aliphatic carboxylic acids is 2. The van der Waals surface area contributed by atoms with Crippen LogP contribution in [0.5, 0.6) is 0 Å². The summed E-state index contributed by atoms with van der Waals surface area (Å²) in [5, 5.41) is 17.6. The summed E-state index contributed by atoms with van der Waals surface area (Å²) in [5.74, 6) is -1.50. The Morgan fingerprint density at radius 1 is 1.12 bits per heavy atom. The van der Waals surface area contributed by atoms with E-state index < -0.39 is 11.9 Å². The maximum Gasteiger partial charge on any atom is 0.317 e. The first-order valence-corrected chi connectivity index (χ1v) is 6.18. The van der Waals surface area contributed by atoms with Crippen LogP contribution >= 0.6 is 0 Å². The van der Waals surface area contributed by atoms with E-state index in [1.54, 1.807) is 4.90 Å². The number of hydrogen-bond donors (Lipinski definition) is 2. The summed E-state index contributed by atoms with van der Waals surface area (Å²) in [5.41, 5.74) is 0. The highest BCUT2D eigenvalue weighted by atomic mass is 16.4. The van der Waals surface area contributed by atoms with Gasteiger partial charge in [-0.1, -0.05) is 19.3 Å². The number of carboxylic acids is 2. The van der Waals surface area contributed by atoms with Crippen molar-refractivity contribution in [3.05, 3.63) is 0 Å². The van der Waals surface area contributed by atoms with Crippen LogP contribution in [0.25, 0.3) is 0 Å². The van der Waals surface area contributed by atoms with E-state index in [1.165, 1.54) is 19.3 Å². The van der Waals surface area contributed by atoms with E-state index in [1.807, 2.05) is 6.92 Å². The number of rotatable bonds is 6. The molecule has 0 bridgehead atoms. The van der Waals surface area contributed by atoms with Gasteiger partial charge < -0.3 is 10.2 Å². The average Bonchev–Trinajstić information content (AvgIpc) is 2.27. The van der Waals surface area contributed by atoms with Gasteiger partial charge >= 0.3 is 11.9 Å². The smallest absolute Gasteiger partial charge is 0.317 e. The molecular formula is C12H21NO4. The van der Waals surface area contributed by atoms with Gasteiger partial charge in [0.1, 0.15) is 0 Å². The van der Waals surface area contributed by atoms with Gasteiger partial charge in [0.05, 0.1) is 13.1 Å². The minimum atomic E-state index is -0.964. The third-order valence-electron chi connectivity index (χ3n) is 3.58. The Morgan fingerprint density at radius 3 is 2.00 bits per heavy atom. The molecule has 5 heteroatoms. The predicted octanol–water partition coefficient (Wildman–Crippen LogP) is 1.43. The number of nitrogens with zero attached hydrogens (tertiary/aromatic N) is 1. The molecule has 5 nitrogen and oxygen atoms in total. The molecule has 0 aromatic carbocycles. The Hall–Kier alpha value is -1.10. The van der Waals surface area contributed by atoms with Crippen molar-refractivity contribution in [2.24, 2.45) is 5.92 Å². The maximum atomic E-state index is 10.7. The first-order valence-electron chi connectivity index (χ1n) is 6.18. The monoisotopic (exact) mass is 243 g/mol. The lowest BCUT2D eigenvalue weighted by atomic mass is 9.84. The number of carboxylic acid groups (broad SMARTS) is 2. The van der Waals surface area contributed by atoms with Crippen LogP contribution in [0.1, 0.15) is 39.0 Å². The second-order valence-corrected chi connectivity index (χ2v) is 4.83. The quantitative estimate of drug-likeness (QED) is 0.737. The van der Waals surface area contributed by atoms with E-state index >= 15 is 0 Å². The van der Waals surface area contributed by atoms with Crippen LogP contribution in [0, 0.1) is 5.92 Å². The van der Waals surface area contributed by atoms with Crippen LogP contribution in [0.4, 0.5) is 0 Å². The fourth-order valence-electron chi connectivity index (χ4n) is 2.61. The van der Waals surface area contributed by atoms with E-state index in [9.17, 15) is 9.59 Å². The number of carbonyl (C=O) groups is 2. The van der Waals surface area contributed by atoms with Crippen LogP contribution in [0.2, 0.25) is 0 Å². The summed E-state index contributed by atoms with van der Waals surface area (Å²) in [6, 6.07) is 0.0301. The van der Waals surface area contributed by atoms with Crippen LogP contribution in [0.3, 0.4) is 0 Å². The molecule has 0 saturated heterocycles. The van der Waals surface area contributed by atoms with Gasteiger partial charge in [0.2, 0.25) is 0 Å². The van der Waals surface area contributed by atoms with Crippen molar-refractivity contribution in [1.29, 1.82) is 0 Å². The zero-order valence-corrected chi connectivity index (χ0v) is 10.3. The fourth-order valence-corrected chi connectivity index (χ4v) is 2.61. The van der Waals surface area contributed by atoms with Gasteiger partial charge in [0, 0.05) is 6.04 Å². The zero-order chi connectivity index (χ0) is 12.8. The third-order valence-corrected chi connectivity index (χ3v) is 3.58. The first-order chi connectivity index (χ1) is 8.00. The van der Waals surface area contributed by atoms with Crippen molar-refractivity contribution in [3.8, 4) is 0 Å². The van der Waals surface area contributed by atoms with Crippen LogP contribution in [-0.4, -0.2) is 46.2 Å². The molecule has 1 aliphatic rings. The highest BCUT2D eigenvalue weighted by molar-refractivity contribution is 5.72. The zero-order valence-electron chi connectivity index (χ0n) is 10.3. The van der Waals surface area contributed by atoms with E-state index in [-0.39, 0.29) is 19.1 Å². The topological polar surface area (TPSA) is 77.8 Å². The second kappa shape index (κ2) is 6.59. The third kappa shape index (κ3) is 4.73. The van der Waals surface area contributed by atoms with Crippen molar-refractivity contribution < 1.29 is 19.8 Å². The van der Waals surface area contributed by atoms with E-state index in [0.29, 0.717) is 5.92 Å². The van der Waals surface area contributed by atoms with Crippen LogP contribution < -0.4 is 0 Å². The van der Waals surface area contributed by atoms with Gasteiger partial charge in [0.15, 0.2) is 0 Å². The molecule has 1 aliphatic carbocycles. The van der Waals surface area contributed by atoms with Crippen LogP contribution in [0.15, 0.2) is 0 Å².